The molecule has 0 heterocycles. The molecule has 1 aliphatic rings. The minimum atomic E-state index is -3.47. The van der Waals surface area contributed by atoms with Crippen LogP contribution < -0.4 is 5.32 Å². The molecule has 0 saturated heterocycles. The van der Waals surface area contributed by atoms with Crippen molar-refractivity contribution >= 4 is 27.6 Å². The van der Waals surface area contributed by atoms with E-state index < -0.39 is 28.3 Å². The van der Waals surface area contributed by atoms with Crippen LogP contribution in [0, 0.1) is 12.8 Å². The van der Waals surface area contributed by atoms with Gasteiger partial charge in [0, 0.05) is 12.2 Å². The Morgan fingerprint density at radius 1 is 1.15 bits per heavy atom. The smallest absolute Gasteiger partial charge is 0.338 e. The maximum atomic E-state index is 12.2. The van der Waals surface area contributed by atoms with E-state index in [1.54, 1.807) is 6.92 Å². The van der Waals surface area contributed by atoms with E-state index in [9.17, 15) is 22.8 Å². The number of carbonyl (C=O) groups is 3. The first-order valence-electron chi connectivity index (χ1n) is 8.50. The van der Waals surface area contributed by atoms with Crippen molar-refractivity contribution < 1.29 is 27.5 Å². The maximum Gasteiger partial charge on any atom is 0.338 e. The van der Waals surface area contributed by atoms with Gasteiger partial charge in [0.15, 0.2) is 16.4 Å². The second-order valence-electron chi connectivity index (χ2n) is 6.57. The van der Waals surface area contributed by atoms with Gasteiger partial charge >= 0.3 is 5.97 Å². The number of rotatable bonds is 5. The molecule has 1 aliphatic carbocycles. The summed E-state index contributed by atoms with van der Waals surface area (Å²) in [6.45, 7) is 1.04. The van der Waals surface area contributed by atoms with Crippen LogP contribution in [-0.2, 0) is 24.2 Å². The fourth-order valence-electron chi connectivity index (χ4n) is 2.90. The van der Waals surface area contributed by atoms with Crippen molar-refractivity contribution in [2.75, 3.05) is 12.9 Å². The molecule has 2 amide bonds. The van der Waals surface area contributed by atoms with Gasteiger partial charge in [-0.15, -0.1) is 0 Å². The molecule has 0 aliphatic heterocycles. The molecule has 0 aromatic heterocycles. The highest BCUT2D eigenvalue weighted by atomic mass is 32.2. The summed E-state index contributed by atoms with van der Waals surface area (Å²) in [5.74, 6) is -2.00. The Labute approximate surface area is 153 Å². The van der Waals surface area contributed by atoms with Crippen molar-refractivity contribution in [3.8, 4) is 0 Å². The lowest BCUT2D eigenvalue weighted by Crippen LogP contribution is -2.38. The molecular weight excluding hydrogens is 358 g/mol. The van der Waals surface area contributed by atoms with Gasteiger partial charge in [0.25, 0.3) is 5.91 Å². The van der Waals surface area contributed by atoms with Crippen LogP contribution in [-0.4, -0.2) is 39.1 Å². The van der Waals surface area contributed by atoms with Crippen LogP contribution in [0.3, 0.4) is 0 Å². The molecule has 8 heteroatoms. The van der Waals surface area contributed by atoms with Gasteiger partial charge in [-0.3, -0.25) is 14.9 Å². The maximum absolute atomic E-state index is 12.2. The number of hydrogen-bond donors (Lipinski definition) is 1. The van der Waals surface area contributed by atoms with Gasteiger partial charge in [0.1, 0.15) is 0 Å². The average Bonchev–Trinajstić information content (AvgIpc) is 2.59. The predicted molar refractivity (Wildman–Crippen MR) is 94.3 cm³/mol. The summed E-state index contributed by atoms with van der Waals surface area (Å²) in [6, 6.07) is 4.12. The molecule has 1 N–H and O–H groups in total. The second-order valence-corrected chi connectivity index (χ2v) is 8.59. The van der Waals surface area contributed by atoms with Gasteiger partial charge in [-0.1, -0.05) is 25.3 Å². The van der Waals surface area contributed by atoms with Gasteiger partial charge in [-0.25, -0.2) is 13.2 Å². The zero-order chi connectivity index (χ0) is 19.3. The average molecular weight is 381 g/mol. The van der Waals surface area contributed by atoms with Crippen LogP contribution in [0.15, 0.2) is 23.1 Å². The Bertz CT molecular complexity index is 809. The minimum Gasteiger partial charge on any atom is -0.452 e. The first-order chi connectivity index (χ1) is 12.2. The summed E-state index contributed by atoms with van der Waals surface area (Å²) in [5, 5.41) is 2.26. The molecule has 26 heavy (non-hydrogen) atoms. The Morgan fingerprint density at radius 2 is 1.81 bits per heavy atom. The monoisotopic (exact) mass is 381 g/mol. The van der Waals surface area contributed by atoms with Crippen molar-refractivity contribution in [2.24, 2.45) is 5.92 Å². The third kappa shape index (κ3) is 5.39. The minimum absolute atomic E-state index is 0.00743. The second kappa shape index (κ2) is 8.44. The number of imide groups is 1. The number of esters is 1. The summed E-state index contributed by atoms with van der Waals surface area (Å²) in [5.41, 5.74) is 0.598. The van der Waals surface area contributed by atoms with E-state index in [0.29, 0.717) is 5.56 Å². The van der Waals surface area contributed by atoms with Crippen molar-refractivity contribution in [3.05, 3.63) is 29.3 Å². The summed E-state index contributed by atoms with van der Waals surface area (Å²) in [6.07, 6.45) is 5.60. The van der Waals surface area contributed by atoms with E-state index in [-0.39, 0.29) is 22.3 Å². The Balaban J connectivity index is 1.93. The van der Waals surface area contributed by atoms with Gasteiger partial charge < -0.3 is 4.74 Å². The van der Waals surface area contributed by atoms with Crippen molar-refractivity contribution in [1.29, 1.82) is 0 Å². The van der Waals surface area contributed by atoms with Crippen LogP contribution in [0.1, 0.15) is 48.0 Å². The Hall–Kier alpha value is -2.22. The molecule has 1 aromatic carbocycles. The highest BCUT2D eigenvalue weighted by Crippen LogP contribution is 2.23. The molecule has 1 fully saturated rings. The van der Waals surface area contributed by atoms with E-state index in [1.807, 2.05) is 0 Å². The number of amides is 2. The molecule has 0 bridgehead atoms. The highest BCUT2D eigenvalue weighted by molar-refractivity contribution is 7.90. The van der Waals surface area contributed by atoms with E-state index in [0.717, 1.165) is 38.4 Å². The summed E-state index contributed by atoms with van der Waals surface area (Å²) < 4.78 is 28.1. The fraction of sp³-hybridized carbons (Fsp3) is 0.500. The molecular formula is C18H23NO6S. The Kier molecular flexibility index (Phi) is 6.52. The van der Waals surface area contributed by atoms with E-state index in [4.69, 9.17) is 4.74 Å². The topological polar surface area (TPSA) is 107 Å². The largest absolute Gasteiger partial charge is 0.452 e. The third-order valence-electron chi connectivity index (χ3n) is 4.43. The van der Waals surface area contributed by atoms with Gasteiger partial charge in [0.2, 0.25) is 5.91 Å². The highest BCUT2D eigenvalue weighted by Gasteiger charge is 2.23. The molecule has 1 aromatic rings. The number of nitrogens with one attached hydrogen (secondary N) is 1. The summed E-state index contributed by atoms with van der Waals surface area (Å²) in [7, 11) is -3.47. The van der Waals surface area contributed by atoms with Gasteiger partial charge in [0.05, 0.1) is 10.5 Å². The lowest BCUT2D eigenvalue weighted by molar-refractivity contribution is -0.135. The van der Waals surface area contributed by atoms with Gasteiger partial charge in [-0.2, -0.15) is 0 Å². The van der Waals surface area contributed by atoms with E-state index in [1.165, 1.54) is 18.2 Å². The SMILES string of the molecule is Cc1ccc(S(C)(=O)=O)cc1C(=O)OCC(=O)NC(=O)C1CCCCC1. The lowest BCUT2D eigenvalue weighted by Gasteiger charge is -2.20. The van der Waals surface area contributed by atoms with E-state index in [2.05, 4.69) is 5.32 Å². The number of carbonyl (C=O) groups excluding carboxylic acids is 3. The number of hydrogen-bond acceptors (Lipinski definition) is 6. The molecule has 0 unspecified atom stereocenters. The van der Waals surface area contributed by atoms with Crippen LogP contribution in [0.5, 0.6) is 0 Å². The normalized spacial score (nSPS) is 15.3. The molecule has 1 saturated carbocycles. The first kappa shape index (κ1) is 20.1. The van der Waals surface area contributed by atoms with Crippen LogP contribution in [0.4, 0.5) is 0 Å². The van der Waals surface area contributed by atoms with Crippen molar-refractivity contribution in [1.82, 2.24) is 5.32 Å². The molecule has 7 nitrogen and oxygen atoms in total. The molecule has 0 radical (unpaired) electrons. The first-order valence-corrected chi connectivity index (χ1v) is 10.4. The van der Waals surface area contributed by atoms with Crippen LogP contribution in [0.2, 0.25) is 0 Å². The number of sulfone groups is 1. The summed E-state index contributed by atoms with van der Waals surface area (Å²) >= 11 is 0. The number of ether oxygens (including phenoxy) is 1. The van der Waals surface area contributed by atoms with Crippen LogP contribution in [0.25, 0.3) is 0 Å². The van der Waals surface area contributed by atoms with E-state index >= 15 is 0 Å². The zero-order valence-corrected chi connectivity index (χ0v) is 15.7. The van der Waals surface area contributed by atoms with Crippen molar-refractivity contribution in [3.63, 3.8) is 0 Å². The lowest BCUT2D eigenvalue weighted by atomic mass is 9.89. The zero-order valence-electron chi connectivity index (χ0n) is 14.9. The fourth-order valence-corrected chi connectivity index (χ4v) is 3.55. The number of aryl methyl sites for hydroxylation is 1. The molecule has 2 rings (SSSR count). The predicted octanol–water partition coefficient (Wildman–Crippen LogP) is 1.78. The van der Waals surface area contributed by atoms with Gasteiger partial charge in [-0.05, 0) is 37.5 Å². The standard InChI is InChI=1S/C18H23NO6S/c1-12-8-9-14(26(2,23)24)10-15(12)18(22)25-11-16(20)19-17(21)13-6-4-3-5-7-13/h8-10,13H,3-7,11H2,1-2H3,(H,19,20,21). The third-order valence-corrected chi connectivity index (χ3v) is 5.54. The van der Waals surface area contributed by atoms with Crippen LogP contribution >= 0.6 is 0 Å². The summed E-state index contributed by atoms with van der Waals surface area (Å²) in [4.78, 5) is 36.0. The van der Waals surface area contributed by atoms with Crippen molar-refractivity contribution in [2.45, 2.75) is 43.9 Å². The number of benzene rings is 1. The molecule has 0 spiro atoms. The Morgan fingerprint density at radius 3 is 2.42 bits per heavy atom. The molecule has 142 valence electrons. The molecule has 0 atom stereocenters. The quantitative estimate of drug-likeness (QED) is 0.779.